The van der Waals surface area contributed by atoms with E-state index >= 15 is 0 Å². The van der Waals surface area contributed by atoms with Crippen molar-refractivity contribution in [3.63, 3.8) is 0 Å². The summed E-state index contributed by atoms with van der Waals surface area (Å²) in [4.78, 5) is 4.51. The first-order chi connectivity index (χ1) is 9.17. The lowest BCUT2D eigenvalue weighted by atomic mass is 10.3. The Balaban J connectivity index is 2.51. The van der Waals surface area contributed by atoms with Crippen LogP contribution in [0.2, 0.25) is 5.02 Å². The molecule has 4 nitrogen and oxygen atoms in total. The minimum absolute atomic E-state index is 0.544. The summed E-state index contributed by atoms with van der Waals surface area (Å²) in [7, 11) is 3.57. The molecule has 0 unspecified atom stereocenters. The smallest absolute Gasteiger partial charge is 0.345 e. The van der Waals surface area contributed by atoms with E-state index in [4.69, 9.17) is 16.3 Å². The molecule has 1 heterocycles. The van der Waals surface area contributed by atoms with E-state index in [1.807, 2.05) is 48.3 Å². The fraction of sp³-hybridized carbons (Fsp3) is 0.286. The van der Waals surface area contributed by atoms with Crippen molar-refractivity contribution in [2.75, 3.05) is 7.11 Å². The fourth-order valence-electron chi connectivity index (χ4n) is 1.89. The van der Waals surface area contributed by atoms with Crippen molar-refractivity contribution < 1.29 is 9.30 Å². The van der Waals surface area contributed by atoms with Crippen molar-refractivity contribution in [3.8, 4) is 0 Å². The number of imidazole rings is 1. The molecule has 100 valence electrons. The van der Waals surface area contributed by atoms with Gasteiger partial charge in [0.05, 0.1) is 31.4 Å². The Morgan fingerprint density at radius 1 is 1.42 bits per heavy atom. The Hall–Kier alpha value is -1.81. The molecule has 0 amide bonds. The molecule has 0 N–H and O–H groups in total. The first kappa shape index (κ1) is 13.6. The van der Waals surface area contributed by atoms with E-state index in [1.165, 1.54) is 0 Å². The highest BCUT2D eigenvalue weighted by Crippen LogP contribution is 2.24. The molecule has 0 aliphatic carbocycles. The second kappa shape index (κ2) is 5.89. The zero-order valence-electron chi connectivity index (χ0n) is 11.3. The summed E-state index contributed by atoms with van der Waals surface area (Å²) in [5.74, 6) is 1.45. The molecule has 0 radical (unpaired) electrons. The molecule has 2 aromatic rings. The molecule has 0 atom stereocenters. The first-order valence-electron chi connectivity index (χ1n) is 6.09. The number of nitrogens with zero attached hydrogens (tertiary/aromatic N) is 3. The van der Waals surface area contributed by atoms with E-state index < -0.39 is 0 Å². The van der Waals surface area contributed by atoms with Crippen LogP contribution in [0.3, 0.4) is 0 Å². The van der Waals surface area contributed by atoms with Crippen LogP contribution in [0, 0.1) is 0 Å². The maximum absolute atomic E-state index is 6.12. The Kier molecular flexibility index (Phi) is 4.22. The van der Waals surface area contributed by atoms with Gasteiger partial charge in [-0.15, -0.1) is 0 Å². The van der Waals surface area contributed by atoms with Gasteiger partial charge in [-0.25, -0.2) is 14.1 Å². The Morgan fingerprint density at radius 3 is 2.79 bits per heavy atom. The van der Waals surface area contributed by atoms with E-state index in [1.54, 1.807) is 7.11 Å². The van der Waals surface area contributed by atoms with Crippen LogP contribution in [0.5, 0.6) is 0 Å². The van der Waals surface area contributed by atoms with Gasteiger partial charge in [-0.1, -0.05) is 23.7 Å². The maximum atomic E-state index is 6.12. The fourth-order valence-corrected chi connectivity index (χ4v) is 2.07. The van der Waals surface area contributed by atoms with Crippen molar-refractivity contribution >= 4 is 23.2 Å². The quantitative estimate of drug-likeness (QED) is 0.482. The number of aromatic nitrogens is 2. The highest BCUT2D eigenvalue weighted by atomic mass is 35.5. The number of rotatable bonds is 3. The van der Waals surface area contributed by atoms with Crippen molar-refractivity contribution in [1.29, 1.82) is 0 Å². The van der Waals surface area contributed by atoms with Gasteiger partial charge in [-0.3, -0.25) is 0 Å². The molecule has 0 saturated heterocycles. The molecule has 19 heavy (non-hydrogen) atoms. The zero-order chi connectivity index (χ0) is 13.8. The number of aryl methyl sites for hydroxylation is 2. The minimum Gasteiger partial charge on any atom is -0.475 e. The van der Waals surface area contributed by atoms with Crippen molar-refractivity contribution in [3.05, 3.63) is 47.5 Å². The van der Waals surface area contributed by atoms with E-state index in [-0.39, 0.29) is 0 Å². The topological polar surface area (TPSA) is 30.4 Å². The molecule has 2 rings (SSSR count). The normalized spacial score (nSPS) is 11.7. The van der Waals surface area contributed by atoms with E-state index in [2.05, 4.69) is 16.5 Å². The number of hydrogen-bond donors (Lipinski definition) is 0. The lowest BCUT2D eigenvalue weighted by Crippen LogP contribution is -2.36. The van der Waals surface area contributed by atoms with Crippen molar-refractivity contribution in [2.45, 2.75) is 13.5 Å². The average molecular weight is 279 g/mol. The molecule has 0 bridgehead atoms. The first-order valence-corrected chi connectivity index (χ1v) is 6.47. The summed E-state index contributed by atoms with van der Waals surface area (Å²) in [6.07, 6.45) is 3.97. The summed E-state index contributed by atoms with van der Waals surface area (Å²) in [5.41, 5.74) is 0.699. The predicted octanol–water partition coefficient (Wildman–Crippen LogP) is 2.71. The molecule has 0 aliphatic rings. The number of para-hydroxylation sites is 1. The van der Waals surface area contributed by atoms with E-state index in [0.717, 1.165) is 12.4 Å². The summed E-state index contributed by atoms with van der Waals surface area (Å²) in [5, 5.41) is 0.606. The van der Waals surface area contributed by atoms with Crippen LogP contribution < -0.4 is 4.57 Å². The van der Waals surface area contributed by atoms with Gasteiger partial charge in [-0.2, -0.15) is 0 Å². The van der Waals surface area contributed by atoms with Crippen LogP contribution >= 0.6 is 11.6 Å². The van der Waals surface area contributed by atoms with Gasteiger partial charge in [0.15, 0.2) is 0 Å². The third kappa shape index (κ3) is 2.79. The van der Waals surface area contributed by atoms with Crippen LogP contribution in [0.1, 0.15) is 12.7 Å². The SMILES string of the molecule is CCn1cc[n+](C)c1C(=Nc1ccccc1Cl)OC. The minimum atomic E-state index is 0.544. The number of hydrogen-bond acceptors (Lipinski definition) is 2. The van der Waals surface area contributed by atoms with Crippen LogP contribution in [-0.4, -0.2) is 17.6 Å². The van der Waals surface area contributed by atoms with Crippen LogP contribution in [-0.2, 0) is 18.3 Å². The van der Waals surface area contributed by atoms with Crippen molar-refractivity contribution in [1.82, 2.24) is 4.57 Å². The molecule has 1 aromatic heterocycles. The Labute approximate surface area is 117 Å². The molecular weight excluding hydrogens is 262 g/mol. The van der Waals surface area contributed by atoms with Gasteiger partial charge in [0.1, 0.15) is 12.4 Å². The molecule has 0 aliphatic heterocycles. The lowest BCUT2D eigenvalue weighted by molar-refractivity contribution is -0.672. The van der Waals surface area contributed by atoms with Crippen LogP contribution in [0.25, 0.3) is 0 Å². The summed E-state index contributed by atoms with van der Waals surface area (Å²) in [6.45, 7) is 2.92. The standard InChI is InChI=1S/C14H17ClN3O/c1-4-18-10-9-17(2)14(18)13(19-3)16-12-8-6-5-7-11(12)15/h5-10H,4H2,1-3H3/q+1. The second-order valence-electron chi connectivity index (χ2n) is 4.09. The summed E-state index contributed by atoms with van der Waals surface area (Å²) in [6, 6.07) is 7.45. The molecule has 0 spiro atoms. The number of methoxy groups -OCH3 is 1. The number of ether oxygens (including phenoxy) is 1. The number of benzene rings is 1. The van der Waals surface area contributed by atoms with E-state index in [9.17, 15) is 0 Å². The molecule has 1 aromatic carbocycles. The Bertz CT molecular complexity index is 604. The highest BCUT2D eigenvalue weighted by molar-refractivity contribution is 6.33. The molecule has 5 heteroatoms. The second-order valence-corrected chi connectivity index (χ2v) is 4.50. The van der Waals surface area contributed by atoms with Gasteiger partial charge in [0.25, 0.3) is 0 Å². The van der Waals surface area contributed by atoms with Gasteiger partial charge in [0.2, 0.25) is 0 Å². The van der Waals surface area contributed by atoms with Gasteiger partial charge < -0.3 is 4.74 Å². The molecule has 0 fully saturated rings. The number of aliphatic imine (C=N–C) groups is 1. The largest absolute Gasteiger partial charge is 0.475 e. The molecule has 0 saturated carbocycles. The van der Waals surface area contributed by atoms with Crippen LogP contribution in [0.15, 0.2) is 41.7 Å². The average Bonchev–Trinajstić information content (AvgIpc) is 2.79. The third-order valence-electron chi connectivity index (χ3n) is 2.88. The van der Waals surface area contributed by atoms with Gasteiger partial charge in [-0.05, 0) is 19.1 Å². The highest BCUT2D eigenvalue weighted by Gasteiger charge is 2.21. The van der Waals surface area contributed by atoms with Crippen molar-refractivity contribution in [2.24, 2.45) is 12.0 Å². The zero-order valence-corrected chi connectivity index (χ0v) is 12.1. The summed E-state index contributed by atoms with van der Waals surface area (Å²) >= 11 is 6.12. The molecular formula is C14H17ClN3O+. The summed E-state index contributed by atoms with van der Waals surface area (Å²) < 4.78 is 9.47. The number of halogens is 1. The van der Waals surface area contributed by atoms with Crippen LogP contribution in [0.4, 0.5) is 5.69 Å². The maximum Gasteiger partial charge on any atom is 0.345 e. The lowest BCUT2D eigenvalue weighted by Gasteiger charge is -2.04. The Morgan fingerprint density at radius 2 is 2.16 bits per heavy atom. The third-order valence-corrected chi connectivity index (χ3v) is 3.20. The van der Waals surface area contributed by atoms with Gasteiger partial charge >= 0.3 is 11.7 Å². The predicted molar refractivity (Wildman–Crippen MR) is 75.9 cm³/mol. The van der Waals surface area contributed by atoms with Gasteiger partial charge in [0, 0.05) is 0 Å². The van der Waals surface area contributed by atoms with E-state index in [0.29, 0.717) is 16.6 Å². The monoisotopic (exact) mass is 278 g/mol.